The summed E-state index contributed by atoms with van der Waals surface area (Å²) in [6.07, 6.45) is 1.95. The van der Waals surface area contributed by atoms with Crippen molar-refractivity contribution in [3.63, 3.8) is 0 Å². The van der Waals surface area contributed by atoms with Crippen LogP contribution in [-0.4, -0.2) is 25.2 Å². The van der Waals surface area contributed by atoms with Gasteiger partial charge in [-0.25, -0.2) is 4.39 Å². The third-order valence-electron chi connectivity index (χ3n) is 4.49. The Morgan fingerprint density at radius 3 is 2.96 bits per heavy atom. The summed E-state index contributed by atoms with van der Waals surface area (Å²) >= 11 is 0. The van der Waals surface area contributed by atoms with Crippen LogP contribution < -0.4 is 10.1 Å². The van der Waals surface area contributed by atoms with Gasteiger partial charge in [0.2, 0.25) is 5.91 Å². The molecule has 2 aliphatic heterocycles. The van der Waals surface area contributed by atoms with Gasteiger partial charge in [-0.3, -0.25) is 4.79 Å². The Morgan fingerprint density at radius 2 is 2.17 bits per heavy atom. The van der Waals surface area contributed by atoms with Crippen LogP contribution in [0.3, 0.4) is 0 Å². The first kappa shape index (κ1) is 16.0. The second kappa shape index (κ2) is 6.71. The fourth-order valence-corrected chi connectivity index (χ4v) is 3.34. The number of carbonyl (C=O) groups is 1. The number of hydrogen-bond acceptors (Lipinski definition) is 3. The lowest BCUT2D eigenvalue weighted by Gasteiger charge is -2.23. The summed E-state index contributed by atoms with van der Waals surface area (Å²) in [4.78, 5) is 12.7. The molecule has 5 heteroatoms. The predicted octanol–water partition coefficient (Wildman–Crippen LogP) is 3.14. The van der Waals surface area contributed by atoms with E-state index >= 15 is 0 Å². The fraction of sp³-hybridized carbons (Fsp3) is 0.500. The minimum Gasteiger partial charge on any atom is -0.490 e. The van der Waals surface area contributed by atoms with Crippen LogP contribution in [0.25, 0.3) is 0 Å². The van der Waals surface area contributed by atoms with Crippen LogP contribution >= 0.6 is 0 Å². The molecule has 1 amide bonds. The molecule has 1 fully saturated rings. The van der Waals surface area contributed by atoms with Crippen LogP contribution in [0.4, 0.5) is 4.39 Å². The van der Waals surface area contributed by atoms with Gasteiger partial charge >= 0.3 is 0 Å². The molecule has 3 atom stereocenters. The van der Waals surface area contributed by atoms with Crippen molar-refractivity contribution in [2.45, 2.75) is 38.3 Å². The number of hydrogen-bond donors (Lipinski definition) is 1. The number of benzene rings is 1. The second-order valence-electron chi connectivity index (χ2n) is 6.24. The third kappa shape index (κ3) is 3.24. The van der Waals surface area contributed by atoms with E-state index in [1.165, 1.54) is 6.07 Å². The molecule has 1 aromatic rings. The Bertz CT molecular complexity index is 616. The van der Waals surface area contributed by atoms with Crippen molar-refractivity contribution in [2.24, 2.45) is 5.92 Å². The van der Waals surface area contributed by atoms with Crippen LogP contribution in [0.1, 0.15) is 37.8 Å². The highest BCUT2D eigenvalue weighted by atomic mass is 19.1. The summed E-state index contributed by atoms with van der Waals surface area (Å²) in [5.41, 5.74) is 1.57. The number of nitrogens with one attached hydrogen (secondary N) is 1. The van der Waals surface area contributed by atoms with Gasteiger partial charge in [0.15, 0.2) is 11.6 Å². The van der Waals surface area contributed by atoms with E-state index in [9.17, 15) is 9.18 Å². The first-order valence-electron chi connectivity index (χ1n) is 8.06. The molecular weight excluding hydrogens is 297 g/mol. The number of carbonyl (C=O) groups excluding carboxylic acids is 1. The zero-order chi connectivity index (χ0) is 16.4. The molecule has 0 aliphatic carbocycles. The summed E-state index contributed by atoms with van der Waals surface area (Å²) in [6.45, 7) is 6.80. The highest BCUT2D eigenvalue weighted by Crippen LogP contribution is 2.34. The van der Waals surface area contributed by atoms with Crippen molar-refractivity contribution in [2.75, 3.05) is 13.2 Å². The van der Waals surface area contributed by atoms with Gasteiger partial charge in [-0.15, -0.1) is 0 Å². The number of ether oxygens (including phenoxy) is 2. The quantitative estimate of drug-likeness (QED) is 0.871. The minimum absolute atomic E-state index is 0.0578. The number of fused-ring (bicyclic) bond motifs is 1. The van der Waals surface area contributed by atoms with E-state index in [2.05, 4.69) is 11.9 Å². The third-order valence-corrected chi connectivity index (χ3v) is 4.49. The van der Waals surface area contributed by atoms with E-state index in [-0.39, 0.29) is 35.5 Å². The molecule has 4 nitrogen and oxygen atoms in total. The molecule has 2 aliphatic rings. The smallest absolute Gasteiger partial charge is 0.226 e. The number of halogens is 1. The van der Waals surface area contributed by atoms with E-state index in [0.717, 1.165) is 18.4 Å². The molecule has 0 bridgehead atoms. The maximum atomic E-state index is 14.0. The molecule has 0 aromatic heterocycles. The molecule has 1 N–H and O–H groups in total. The lowest BCUT2D eigenvalue weighted by atomic mass is 9.94. The van der Waals surface area contributed by atoms with Crippen molar-refractivity contribution < 1.29 is 18.7 Å². The highest BCUT2D eigenvalue weighted by Gasteiger charge is 2.36. The summed E-state index contributed by atoms with van der Waals surface area (Å²) in [6, 6.07) is 4.61. The molecule has 0 radical (unpaired) electrons. The van der Waals surface area contributed by atoms with Crippen molar-refractivity contribution in [1.29, 1.82) is 0 Å². The number of para-hydroxylation sites is 1. The Morgan fingerprint density at radius 1 is 1.35 bits per heavy atom. The Balaban J connectivity index is 1.79. The maximum Gasteiger partial charge on any atom is 0.226 e. The fourth-order valence-electron chi connectivity index (χ4n) is 3.34. The van der Waals surface area contributed by atoms with E-state index in [1.807, 2.05) is 13.0 Å². The monoisotopic (exact) mass is 319 g/mol. The molecule has 23 heavy (non-hydrogen) atoms. The van der Waals surface area contributed by atoms with Crippen LogP contribution in [0.5, 0.6) is 5.75 Å². The van der Waals surface area contributed by atoms with Crippen LogP contribution in [0, 0.1) is 11.7 Å². The average molecular weight is 319 g/mol. The molecule has 0 spiro atoms. The standard InChI is InChI=1S/C18H22FNO3/c1-11(2)16-13(8-10-23-16)18(21)20-15-7-4-9-22-17-12(15)5-3-6-14(17)19/h3,5-6,13,15-16H,1,4,7-10H2,2H3,(H,20,21)/t13-,15+,16-/m1/s1. The lowest BCUT2D eigenvalue weighted by molar-refractivity contribution is -0.126. The van der Waals surface area contributed by atoms with Crippen molar-refractivity contribution in [3.05, 3.63) is 41.7 Å². The number of amides is 1. The summed E-state index contributed by atoms with van der Waals surface area (Å²) in [5, 5.41) is 3.06. The first-order chi connectivity index (χ1) is 11.1. The van der Waals surface area contributed by atoms with Crippen molar-refractivity contribution in [3.8, 4) is 5.75 Å². The van der Waals surface area contributed by atoms with Crippen LogP contribution in [-0.2, 0) is 9.53 Å². The van der Waals surface area contributed by atoms with Crippen LogP contribution in [0.15, 0.2) is 30.4 Å². The Kier molecular flexibility index (Phi) is 4.66. The van der Waals surface area contributed by atoms with Gasteiger partial charge in [0, 0.05) is 12.2 Å². The molecular formula is C18H22FNO3. The molecule has 1 saturated heterocycles. The molecule has 0 unspecified atom stereocenters. The largest absolute Gasteiger partial charge is 0.490 e. The number of rotatable bonds is 3. The molecule has 3 rings (SSSR count). The lowest BCUT2D eigenvalue weighted by Crippen LogP contribution is -2.37. The average Bonchev–Trinajstić information content (AvgIpc) is 2.93. The Labute approximate surface area is 135 Å². The van der Waals surface area contributed by atoms with Crippen molar-refractivity contribution >= 4 is 5.91 Å². The van der Waals surface area contributed by atoms with E-state index in [0.29, 0.717) is 25.2 Å². The van der Waals surface area contributed by atoms with Gasteiger partial charge in [-0.2, -0.15) is 0 Å². The summed E-state index contributed by atoms with van der Waals surface area (Å²) in [5.74, 6) is -0.409. The molecule has 2 heterocycles. The normalized spacial score (nSPS) is 26.8. The molecule has 124 valence electrons. The van der Waals surface area contributed by atoms with E-state index < -0.39 is 0 Å². The first-order valence-corrected chi connectivity index (χ1v) is 8.06. The van der Waals surface area contributed by atoms with Crippen LogP contribution in [0.2, 0.25) is 0 Å². The zero-order valence-electron chi connectivity index (χ0n) is 13.3. The zero-order valence-corrected chi connectivity index (χ0v) is 13.3. The predicted molar refractivity (Wildman–Crippen MR) is 84.7 cm³/mol. The van der Waals surface area contributed by atoms with Gasteiger partial charge in [0.05, 0.1) is 24.7 Å². The topological polar surface area (TPSA) is 47.6 Å². The van der Waals surface area contributed by atoms with Gasteiger partial charge in [0.1, 0.15) is 0 Å². The Hall–Kier alpha value is -1.88. The SMILES string of the molecule is C=C(C)[C@H]1OCC[C@H]1C(=O)N[C@H]1CCCOc2c(F)cccc21. The highest BCUT2D eigenvalue weighted by molar-refractivity contribution is 5.80. The minimum atomic E-state index is -0.382. The molecule has 0 saturated carbocycles. The van der Waals surface area contributed by atoms with Gasteiger partial charge < -0.3 is 14.8 Å². The molecule has 1 aromatic carbocycles. The maximum absolute atomic E-state index is 14.0. The van der Waals surface area contributed by atoms with Gasteiger partial charge in [-0.05, 0) is 32.3 Å². The summed E-state index contributed by atoms with van der Waals surface area (Å²) in [7, 11) is 0. The van der Waals surface area contributed by atoms with Gasteiger partial charge in [0.25, 0.3) is 0 Å². The summed E-state index contributed by atoms with van der Waals surface area (Å²) < 4.78 is 25.1. The van der Waals surface area contributed by atoms with Gasteiger partial charge in [-0.1, -0.05) is 24.3 Å². The van der Waals surface area contributed by atoms with Crippen molar-refractivity contribution in [1.82, 2.24) is 5.32 Å². The van der Waals surface area contributed by atoms with E-state index in [4.69, 9.17) is 9.47 Å². The second-order valence-corrected chi connectivity index (χ2v) is 6.24. The van der Waals surface area contributed by atoms with E-state index in [1.54, 1.807) is 6.07 Å².